The zero-order valence-corrected chi connectivity index (χ0v) is 16.0. The second kappa shape index (κ2) is 7.73. The second-order valence-electron chi connectivity index (χ2n) is 7.25. The molecule has 0 aliphatic rings. The molecule has 0 saturated carbocycles. The van der Waals surface area contributed by atoms with Crippen molar-refractivity contribution >= 4 is 16.9 Å². The molecule has 3 rings (SSSR count). The minimum absolute atomic E-state index is 0.132. The summed E-state index contributed by atoms with van der Waals surface area (Å²) in [6.07, 6.45) is 0.714. The third-order valence-corrected chi connectivity index (χ3v) is 4.63. The zero-order valence-electron chi connectivity index (χ0n) is 16.0. The van der Waals surface area contributed by atoms with E-state index in [0.29, 0.717) is 13.0 Å². The van der Waals surface area contributed by atoms with E-state index in [2.05, 4.69) is 44.4 Å². The lowest BCUT2D eigenvalue weighted by atomic mass is 10.1. The fraction of sp³-hybridized carbons (Fsp3) is 0.364. The van der Waals surface area contributed by atoms with Crippen LogP contribution in [-0.4, -0.2) is 32.4 Å². The Labute approximate surface area is 155 Å². The lowest BCUT2D eigenvalue weighted by Crippen LogP contribution is -2.43. The predicted molar refractivity (Wildman–Crippen MR) is 106 cm³/mol. The Bertz CT molecular complexity index is 873. The van der Waals surface area contributed by atoms with Crippen LogP contribution in [-0.2, 0) is 17.8 Å². The van der Waals surface area contributed by atoms with E-state index in [1.54, 1.807) is 0 Å². The number of nitrogens with zero attached hydrogens (tertiary/aromatic N) is 3. The summed E-state index contributed by atoms with van der Waals surface area (Å²) in [5.74, 6) is 1.06. The van der Waals surface area contributed by atoms with Crippen molar-refractivity contribution in [3.05, 3.63) is 66.0 Å². The number of fused-ring (bicyclic) bond motifs is 1. The van der Waals surface area contributed by atoms with Gasteiger partial charge < -0.3 is 9.47 Å². The highest BCUT2D eigenvalue weighted by Gasteiger charge is 2.22. The van der Waals surface area contributed by atoms with Gasteiger partial charge in [0.05, 0.1) is 11.0 Å². The molecule has 0 radical (unpaired) electrons. The Morgan fingerprint density at radius 2 is 1.58 bits per heavy atom. The monoisotopic (exact) mass is 349 g/mol. The summed E-state index contributed by atoms with van der Waals surface area (Å²) in [7, 11) is 0. The van der Waals surface area contributed by atoms with E-state index in [4.69, 9.17) is 4.98 Å². The summed E-state index contributed by atoms with van der Waals surface area (Å²) in [6.45, 7) is 8.58. The highest BCUT2D eigenvalue weighted by molar-refractivity contribution is 5.81. The van der Waals surface area contributed by atoms with Crippen LogP contribution in [0.5, 0.6) is 0 Å². The third-order valence-electron chi connectivity index (χ3n) is 4.63. The maximum Gasteiger partial charge on any atom is 0.243 e. The van der Waals surface area contributed by atoms with Crippen molar-refractivity contribution in [3.8, 4) is 0 Å². The highest BCUT2D eigenvalue weighted by atomic mass is 16.2. The zero-order chi connectivity index (χ0) is 18.7. The van der Waals surface area contributed by atoms with Gasteiger partial charge in [-0.2, -0.15) is 0 Å². The molecular weight excluding hydrogens is 322 g/mol. The van der Waals surface area contributed by atoms with Gasteiger partial charge in [0, 0.05) is 18.5 Å². The van der Waals surface area contributed by atoms with Crippen molar-refractivity contribution in [2.45, 2.75) is 52.7 Å². The maximum absolute atomic E-state index is 13.0. The number of amides is 1. The molecule has 136 valence electrons. The van der Waals surface area contributed by atoms with Crippen LogP contribution in [0.3, 0.4) is 0 Å². The van der Waals surface area contributed by atoms with Crippen molar-refractivity contribution in [1.29, 1.82) is 0 Å². The average molecular weight is 349 g/mol. The van der Waals surface area contributed by atoms with E-state index in [1.807, 2.05) is 47.4 Å². The average Bonchev–Trinajstić information content (AvgIpc) is 2.92. The number of hydrogen-bond donors (Lipinski definition) is 0. The minimum Gasteiger partial charge on any atom is -0.336 e. The van der Waals surface area contributed by atoms with Crippen LogP contribution >= 0.6 is 0 Å². The standard InChI is InChI=1S/C22H27N3O/c1-16(2)25(17(3)4)22(26)15-24-20-13-9-8-12-19(20)23-21(24)14-18-10-6-5-7-11-18/h5-13,16-17H,14-15H2,1-4H3. The molecule has 3 aromatic rings. The molecule has 0 aliphatic carbocycles. The lowest BCUT2D eigenvalue weighted by Gasteiger charge is -2.31. The first kappa shape index (κ1) is 18.2. The largest absolute Gasteiger partial charge is 0.336 e. The minimum atomic E-state index is 0.132. The summed E-state index contributed by atoms with van der Waals surface area (Å²) in [5, 5.41) is 0. The van der Waals surface area contributed by atoms with Gasteiger partial charge in [0.25, 0.3) is 0 Å². The summed E-state index contributed by atoms with van der Waals surface area (Å²) in [6, 6.07) is 18.7. The Morgan fingerprint density at radius 1 is 0.962 bits per heavy atom. The highest BCUT2D eigenvalue weighted by Crippen LogP contribution is 2.19. The van der Waals surface area contributed by atoms with Crippen LogP contribution < -0.4 is 0 Å². The Morgan fingerprint density at radius 3 is 2.23 bits per heavy atom. The van der Waals surface area contributed by atoms with E-state index < -0.39 is 0 Å². The maximum atomic E-state index is 13.0. The number of carbonyl (C=O) groups is 1. The van der Waals surface area contributed by atoms with Crippen LogP contribution in [0.2, 0.25) is 0 Å². The number of benzene rings is 2. The molecule has 0 atom stereocenters. The molecule has 4 nitrogen and oxygen atoms in total. The van der Waals surface area contributed by atoms with E-state index >= 15 is 0 Å². The molecular formula is C22H27N3O. The van der Waals surface area contributed by atoms with Crippen LogP contribution in [0.15, 0.2) is 54.6 Å². The van der Waals surface area contributed by atoms with E-state index in [0.717, 1.165) is 16.9 Å². The van der Waals surface area contributed by atoms with Crippen molar-refractivity contribution < 1.29 is 4.79 Å². The molecule has 0 spiro atoms. The first-order valence-corrected chi connectivity index (χ1v) is 9.26. The fourth-order valence-corrected chi connectivity index (χ4v) is 3.60. The second-order valence-corrected chi connectivity index (χ2v) is 7.25. The Hall–Kier alpha value is -2.62. The molecule has 26 heavy (non-hydrogen) atoms. The molecule has 2 aromatic carbocycles. The van der Waals surface area contributed by atoms with Gasteiger partial charge in [0.1, 0.15) is 12.4 Å². The van der Waals surface area contributed by atoms with Gasteiger partial charge in [-0.05, 0) is 45.4 Å². The first-order valence-electron chi connectivity index (χ1n) is 9.26. The van der Waals surface area contributed by atoms with Crippen LogP contribution in [0.25, 0.3) is 11.0 Å². The van der Waals surface area contributed by atoms with E-state index in [9.17, 15) is 4.79 Å². The van der Waals surface area contributed by atoms with Gasteiger partial charge >= 0.3 is 0 Å². The molecule has 0 fully saturated rings. The summed E-state index contributed by atoms with van der Waals surface area (Å²) < 4.78 is 2.07. The Balaban J connectivity index is 1.98. The lowest BCUT2D eigenvalue weighted by molar-refractivity contribution is -0.135. The van der Waals surface area contributed by atoms with Gasteiger partial charge in [-0.3, -0.25) is 4.79 Å². The number of aromatic nitrogens is 2. The number of carbonyl (C=O) groups excluding carboxylic acids is 1. The van der Waals surface area contributed by atoms with Crippen LogP contribution in [0.1, 0.15) is 39.1 Å². The number of hydrogen-bond acceptors (Lipinski definition) is 2. The van der Waals surface area contributed by atoms with Gasteiger partial charge in [-0.15, -0.1) is 0 Å². The predicted octanol–water partition coefficient (Wildman–Crippen LogP) is 4.27. The summed E-state index contributed by atoms with van der Waals surface area (Å²) in [5.41, 5.74) is 3.15. The van der Waals surface area contributed by atoms with Gasteiger partial charge in [0.2, 0.25) is 5.91 Å². The third kappa shape index (κ3) is 3.79. The molecule has 0 bridgehead atoms. The van der Waals surface area contributed by atoms with Crippen molar-refractivity contribution in [3.63, 3.8) is 0 Å². The summed E-state index contributed by atoms with van der Waals surface area (Å²) >= 11 is 0. The Kier molecular flexibility index (Phi) is 5.40. The number of para-hydroxylation sites is 2. The van der Waals surface area contributed by atoms with Crippen molar-refractivity contribution in [1.82, 2.24) is 14.5 Å². The first-order chi connectivity index (χ1) is 12.5. The normalized spacial score (nSPS) is 11.5. The van der Waals surface area contributed by atoms with Crippen molar-refractivity contribution in [2.75, 3.05) is 0 Å². The van der Waals surface area contributed by atoms with E-state index in [1.165, 1.54) is 5.56 Å². The quantitative estimate of drug-likeness (QED) is 0.666. The molecule has 0 aliphatic heterocycles. The number of imidazole rings is 1. The molecule has 0 N–H and O–H groups in total. The molecule has 1 heterocycles. The smallest absolute Gasteiger partial charge is 0.243 e. The van der Waals surface area contributed by atoms with E-state index in [-0.39, 0.29) is 18.0 Å². The van der Waals surface area contributed by atoms with Gasteiger partial charge in [0.15, 0.2) is 0 Å². The fourth-order valence-electron chi connectivity index (χ4n) is 3.60. The van der Waals surface area contributed by atoms with Crippen molar-refractivity contribution in [2.24, 2.45) is 0 Å². The molecule has 4 heteroatoms. The number of rotatable bonds is 6. The molecule has 1 amide bonds. The summed E-state index contributed by atoms with van der Waals surface area (Å²) in [4.78, 5) is 19.8. The SMILES string of the molecule is CC(C)N(C(=O)Cn1c(Cc2ccccc2)nc2ccccc21)C(C)C. The van der Waals surface area contributed by atoms with Crippen LogP contribution in [0.4, 0.5) is 0 Å². The van der Waals surface area contributed by atoms with Gasteiger partial charge in [-0.1, -0.05) is 42.5 Å². The van der Waals surface area contributed by atoms with Gasteiger partial charge in [-0.25, -0.2) is 4.98 Å². The topological polar surface area (TPSA) is 38.1 Å². The van der Waals surface area contributed by atoms with Crippen LogP contribution in [0, 0.1) is 0 Å². The molecule has 0 saturated heterocycles. The molecule has 1 aromatic heterocycles. The molecule has 0 unspecified atom stereocenters.